The summed E-state index contributed by atoms with van der Waals surface area (Å²) in [7, 11) is 1.71. The van der Waals surface area contributed by atoms with E-state index in [1.54, 1.807) is 7.11 Å². The Morgan fingerprint density at radius 2 is 1.90 bits per heavy atom. The molecule has 1 fully saturated rings. The van der Waals surface area contributed by atoms with Crippen molar-refractivity contribution in [1.29, 1.82) is 0 Å². The van der Waals surface area contributed by atoms with Crippen molar-refractivity contribution in [3.63, 3.8) is 0 Å². The van der Waals surface area contributed by atoms with Gasteiger partial charge in [0.2, 0.25) is 0 Å². The van der Waals surface area contributed by atoms with E-state index < -0.39 is 0 Å². The second-order valence-corrected chi connectivity index (χ2v) is 5.38. The Balaban J connectivity index is 1.71. The SMILES string of the molecule is COc1ccc(CN2CC(OCCO)C2)c2ccccc12. The summed E-state index contributed by atoms with van der Waals surface area (Å²) in [4.78, 5) is 2.36. The number of methoxy groups -OCH3 is 1. The molecule has 0 amide bonds. The Morgan fingerprint density at radius 3 is 2.62 bits per heavy atom. The summed E-state index contributed by atoms with van der Waals surface area (Å²) in [6, 6.07) is 12.5. The molecule has 1 aliphatic rings. The highest BCUT2D eigenvalue weighted by Crippen LogP contribution is 2.29. The van der Waals surface area contributed by atoms with E-state index in [2.05, 4.69) is 29.2 Å². The third-order valence-corrected chi connectivity index (χ3v) is 3.96. The maximum atomic E-state index is 8.75. The number of likely N-dealkylation sites (tertiary alicyclic amines) is 1. The number of fused-ring (bicyclic) bond motifs is 1. The molecule has 1 saturated heterocycles. The van der Waals surface area contributed by atoms with Gasteiger partial charge in [-0.2, -0.15) is 0 Å². The number of ether oxygens (including phenoxy) is 2. The van der Waals surface area contributed by atoms with Crippen LogP contribution in [0.25, 0.3) is 10.8 Å². The van der Waals surface area contributed by atoms with Crippen LogP contribution in [0.2, 0.25) is 0 Å². The number of nitrogens with zero attached hydrogens (tertiary/aromatic N) is 1. The van der Waals surface area contributed by atoms with E-state index >= 15 is 0 Å². The van der Waals surface area contributed by atoms with Crippen LogP contribution in [0.5, 0.6) is 5.75 Å². The van der Waals surface area contributed by atoms with Crippen LogP contribution < -0.4 is 4.74 Å². The summed E-state index contributed by atoms with van der Waals surface area (Å²) in [5.74, 6) is 0.919. The molecule has 112 valence electrons. The van der Waals surface area contributed by atoms with Crippen LogP contribution in [0.4, 0.5) is 0 Å². The number of hydrogen-bond acceptors (Lipinski definition) is 4. The second-order valence-electron chi connectivity index (χ2n) is 5.38. The molecule has 2 aromatic carbocycles. The topological polar surface area (TPSA) is 41.9 Å². The lowest BCUT2D eigenvalue weighted by Gasteiger charge is -2.39. The van der Waals surface area contributed by atoms with Gasteiger partial charge in [0, 0.05) is 25.0 Å². The largest absolute Gasteiger partial charge is 0.496 e. The highest BCUT2D eigenvalue weighted by molar-refractivity contribution is 5.91. The molecule has 1 aliphatic heterocycles. The number of aliphatic hydroxyl groups is 1. The highest BCUT2D eigenvalue weighted by Gasteiger charge is 2.27. The molecule has 0 atom stereocenters. The average Bonchev–Trinajstić information content (AvgIpc) is 2.49. The van der Waals surface area contributed by atoms with Crippen LogP contribution in [0.3, 0.4) is 0 Å². The first kappa shape index (κ1) is 14.3. The minimum absolute atomic E-state index is 0.0968. The van der Waals surface area contributed by atoms with E-state index in [4.69, 9.17) is 14.6 Å². The van der Waals surface area contributed by atoms with Crippen LogP contribution >= 0.6 is 0 Å². The molecule has 0 spiro atoms. The zero-order chi connectivity index (χ0) is 14.7. The number of rotatable bonds is 6. The molecule has 0 saturated carbocycles. The molecule has 1 N–H and O–H groups in total. The fourth-order valence-electron chi connectivity index (χ4n) is 2.87. The standard InChI is InChI=1S/C17H21NO3/c1-20-17-7-6-13(15-4-2-3-5-16(15)17)10-18-11-14(12-18)21-9-8-19/h2-7,14,19H,8-12H2,1H3. The maximum absolute atomic E-state index is 8.75. The second kappa shape index (κ2) is 6.43. The molecule has 0 radical (unpaired) electrons. The van der Waals surface area contributed by atoms with Crippen molar-refractivity contribution in [2.45, 2.75) is 12.6 Å². The first-order chi connectivity index (χ1) is 10.3. The van der Waals surface area contributed by atoms with E-state index in [-0.39, 0.29) is 12.7 Å². The van der Waals surface area contributed by atoms with Crippen molar-refractivity contribution in [2.75, 3.05) is 33.4 Å². The van der Waals surface area contributed by atoms with Crippen molar-refractivity contribution < 1.29 is 14.6 Å². The summed E-state index contributed by atoms with van der Waals surface area (Å²) in [6.07, 6.45) is 0.265. The molecule has 4 heteroatoms. The fourth-order valence-corrected chi connectivity index (χ4v) is 2.87. The number of benzene rings is 2. The predicted octanol–water partition coefficient (Wildman–Crippen LogP) is 2.04. The van der Waals surface area contributed by atoms with Gasteiger partial charge >= 0.3 is 0 Å². The lowest BCUT2D eigenvalue weighted by molar-refractivity contribution is -0.0663. The fraction of sp³-hybridized carbons (Fsp3) is 0.412. The molecule has 0 unspecified atom stereocenters. The van der Waals surface area contributed by atoms with Gasteiger partial charge in [-0.1, -0.05) is 30.3 Å². The van der Waals surface area contributed by atoms with Crippen LogP contribution in [0, 0.1) is 0 Å². The molecular formula is C17H21NO3. The van der Waals surface area contributed by atoms with Crippen molar-refractivity contribution in [2.24, 2.45) is 0 Å². The molecule has 0 aliphatic carbocycles. The monoisotopic (exact) mass is 287 g/mol. The third-order valence-electron chi connectivity index (χ3n) is 3.96. The van der Waals surface area contributed by atoms with Crippen molar-refractivity contribution in [3.05, 3.63) is 42.0 Å². The average molecular weight is 287 g/mol. The quantitative estimate of drug-likeness (QED) is 0.883. The Kier molecular flexibility index (Phi) is 4.39. The van der Waals surface area contributed by atoms with Gasteiger partial charge in [-0.25, -0.2) is 0 Å². The molecule has 1 heterocycles. The molecule has 21 heavy (non-hydrogen) atoms. The predicted molar refractivity (Wildman–Crippen MR) is 82.6 cm³/mol. The minimum atomic E-state index is 0.0968. The van der Waals surface area contributed by atoms with Crippen molar-refractivity contribution in [3.8, 4) is 5.75 Å². The van der Waals surface area contributed by atoms with Gasteiger partial charge in [-0.05, 0) is 17.0 Å². The highest BCUT2D eigenvalue weighted by atomic mass is 16.5. The van der Waals surface area contributed by atoms with Gasteiger partial charge in [0.1, 0.15) is 5.75 Å². The third kappa shape index (κ3) is 3.02. The summed E-state index contributed by atoms with van der Waals surface area (Å²) >= 11 is 0. The first-order valence-corrected chi connectivity index (χ1v) is 7.31. The van der Waals surface area contributed by atoms with E-state index in [0.29, 0.717) is 6.61 Å². The summed E-state index contributed by atoms with van der Waals surface area (Å²) in [6.45, 7) is 3.31. The summed E-state index contributed by atoms with van der Waals surface area (Å²) in [5.41, 5.74) is 1.31. The van der Waals surface area contributed by atoms with Crippen molar-refractivity contribution >= 4 is 10.8 Å². The van der Waals surface area contributed by atoms with E-state index in [0.717, 1.165) is 30.8 Å². The van der Waals surface area contributed by atoms with Crippen molar-refractivity contribution in [1.82, 2.24) is 4.90 Å². The van der Waals surface area contributed by atoms with Gasteiger partial charge in [0.15, 0.2) is 0 Å². The molecule has 4 nitrogen and oxygen atoms in total. The molecule has 2 aromatic rings. The normalized spacial score (nSPS) is 16.1. The molecule has 3 rings (SSSR count). The van der Waals surface area contributed by atoms with E-state index in [9.17, 15) is 0 Å². The first-order valence-electron chi connectivity index (χ1n) is 7.31. The van der Waals surface area contributed by atoms with Crippen LogP contribution in [0.1, 0.15) is 5.56 Å². The van der Waals surface area contributed by atoms with Gasteiger partial charge in [0.25, 0.3) is 0 Å². The smallest absolute Gasteiger partial charge is 0.126 e. The minimum Gasteiger partial charge on any atom is -0.496 e. The van der Waals surface area contributed by atoms with Crippen LogP contribution in [0.15, 0.2) is 36.4 Å². The lowest BCUT2D eigenvalue weighted by Crippen LogP contribution is -2.51. The van der Waals surface area contributed by atoms with Gasteiger partial charge < -0.3 is 14.6 Å². The number of aliphatic hydroxyl groups excluding tert-OH is 1. The van der Waals surface area contributed by atoms with Crippen LogP contribution in [-0.4, -0.2) is 49.5 Å². The maximum Gasteiger partial charge on any atom is 0.126 e. The van der Waals surface area contributed by atoms with Gasteiger partial charge in [-0.15, -0.1) is 0 Å². The van der Waals surface area contributed by atoms with E-state index in [1.165, 1.54) is 10.9 Å². The lowest BCUT2D eigenvalue weighted by atomic mass is 10.0. The molecular weight excluding hydrogens is 266 g/mol. The zero-order valence-electron chi connectivity index (χ0n) is 12.3. The molecule has 0 aromatic heterocycles. The Hall–Kier alpha value is -1.62. The molecule has 0 bridgehead atoms. The Bertz CT molecular complexity index is 608. The summed E-state index contributed by atoms with van der Waals surface area (Å²) in [5, 5.41) is 11.2. The summed E-state index contributed by atoms with van der Waals surface area (Å²) < 4.78 is 10.9. The Labute approximate surface area is 124 Å². The van der Waals surface area contributed by atoms with Crippen LogP contribution in [-0.2, 0) is 11.3 Å². The Morgan fingerprint density at radius 1 is 1.14 bits per heavy atom. The van der Waals surface area contributed by atoms with Gasteiger partial charge in [0.05, 0.1) is 26.4 Å². The zero-order valence-corrected chi connectivity index (χ0v) is 12.3. The van der Waals surface area contributed by atoms with E-state index in [1.807, 2.05) is 12.1 Å². The number of hydrogen-bond donors (Lipinski definition) is 1. The van der Waals surface area contributed by atoms with Gasteiger partial charge in [-0.3, -0.25) is 4.90 Å².